The third-order valence-electron chi connectivity index (χ3n) is 4.14. The van der Waals surface area contributed by atoms with Crippen molar-refractivity contribution in [3.8, 4) is 0 Å². The molecule has 3 rings (SSSR count). The van der Waals surface area contributed by atoms with Crippen LogP contribution >= 0.6 is 0 Å². The normalized spacial score (nSPS) is 17.4. The second-order valence-electron chi connectivity index (χ2n) is 5.83. The van der Waals surface area contributed by atoms with Crippen molar-refractivity contribution in [2.75, 3.05) is 5.32 Å². The third-order valence-corrected chi connectivity index (χ3v) is 5.05. The first-order valence-corrected chi connectivity index (χ1v) is 8.89. The van der Waals surface area contributed by atoms with E-state index in [0.29, 0.717) is 24.5 Å². The molecular formula is C16H14F4N2O2S. The lowest BCUT2D eigenvalue weighted by Gasteiger charge is -2.20. The molecule has 0 fully saturated rings. The van der Waals surface area contributed by atoms with E-state index in [2.05, 4.69) is 5.32 Å². The summed E-state index contributed by atoms with van der Waals surface area (Å²) in [6.45, 7) is 0. The Balaban J connectivity index is 2.00. The lowest BCUT2D eigenvalue weighted by Crippen LogP contribution is -2.17. The molecule has 0 aromatic heterocycles. The lowest BCUT2D eigenvalue weighted by atomic mass is 10.1. The number of sulfonamides is 1. The number of rotatable bonds is 3. The minimum Gasteiger partial charge on any atom is -0.378 e. The minimum absolute atomic E-state index is 0.276. The summed E-state index contributed by atoms with van der Waals surface area (Å²) < 4.78 is 76.0. The Labute approximate surface area is 141 Å². The smallest absolute Gasteiger partial charge is 0.378 e. The Hall–Kier alpha value is -2.13. The molecule has 1 unspecified atom stereocenters. The van der Waals surface area contributed by atoms with Gasteiger partial charge in [-0.1, -0.05) is 6.07 Å². The topological polar surface area (TPSA) is 72.2 Å². The van der Waals surface area contributed by atoms with E-state index in [0.717, 1.165) is 17.7 Å². The van der Waals surface area contributed by atoms with Crippen molar-refractivity contribution in [2.24, 2.45) is 5.14 Å². The van der Waals surface area contributed by atoms with Gasteiger partial charge < -0.3 is 5.32 Å². The van der Waals surface area contributed by atoms with Crippen LogP contribution in [-0.2, 0) is 22.6 Å². The van der Waals surface area contributed by atoms with E-state index >= 15 is 0 Å². The molecule has 1 atom stereocenters. The van der Waals surface area contributed by atoms with Gasteiger partial charge in [0.2, 0.25) is 10.0 Å². The van der Waals surface area contributed by atoms with Gasteiger partial charge in [0.15, 0.2) is 0 Å². The van der Waals surface area contributed by atoms with Crippen LogP contribution in [0.3, 0.4) is 0 Å². The molecule has 3 N–H and O–H groups in total. The van der Waals surface area contributed by atoms with Crippen molar-refractivity contribution in [2.45, 2.75) is 30.0 Å². The van der Waals surface area contributed by atoms with Crippen LogP contribution in [0.25, 0.3) is 0 Å². The molecule has 0 spiro atoms. The Morgan fingerprint density at radius 1 is 1.12 bits per heavy atom. The summed E-state index contributed by atoms with van der Waals surface area (Å²) >= 11 is 0. The molecule has 0 bridgehead atoms. The van der Waals surface area contributed by atoms with Crippen molar-refractivity contribution in [3.05, 3.63) is 58.9 Å². The van der Waals surface area contributed by atoms with Gasteiger partial charge in [-0.3, -0.25) is 0 Å². The largest absolute Gasteiger partial charge is 0.418 e. The second kappa shape index (κ2) is 5.99. The fourth-order valence-electron chi connectivity index (χ4n) is 2.97. The molecule has 0 saturated carbocycles. The molecule has 134 valence electrons. The van der Waals surface area contributed by atoms with Gasteiger partial charge in [0.05, 0.1) is 16.5 Å². The van der Waals surface area contributed by atoms with Gasteiger partial charge in [0.1, 0.15) is 5.82 Å². The Bertz CT molecular complexity index is 926. The molecule has 25 heavy (non-hydrogen) atoms. The summed E-state index contributed by atoms with van der Waals surface area (Å²) in [5, 5.41) is 7.66. The van der Waals surface area contributed by atoms with Crippen LogP contribution in [0.4, 0.5) is 23.2 Å². The number of benzene rings is 2. The zero-order chi connectivity index (χ0) is 18.4. The number of halogens is 4. The van der Waals surface area contributed by atoms with Crippen LogP contribution in [0.2, 0.25) is 0 Å². The lowest BCUT2D eigenvalue weighted by molar-refractivity contribution is -0.137. The molecule has 0 aliphatic heterocycles. The molecule has 0 amide bonds. The number of nitrogens with two attached hydrogens (primary N) is 1. The minimum atomic E-state index is -4.77. The summed E-state index contributed by atoms with van der Waals surface area (Å²) in [5.41, 5.74) is 0.0585. The quantitative estimate of drug-likeness (QED) is 0.807. The highest BCUT2D eigenvalue weighted by molar-refractivity contribution is 7.89. The first-order chi connectivity index (χ1) is 11.6. The van der Waals surface area contributed by atoms with Crippen LogP contribution in [-0.4, -0.2) is 8.42 Å². The van der Waals surface area contributed by atoms with Crippen LogP contribution in [0, 0.1) is 5.82 Å². The summed E-state index contributed by atoms with van der Waals surface area (Å²) in [6.07, 6.45) is -3.65. The van der Waals surface area contributed by atoms with E-state index in [1.807, 2.05) is 0 Å². The maximum Gasteiger partial charge on any atom is 0.418 e. The number of fused-ring (bicyclic) bond motifs is 1. The SMILES string of the molecule is NS(=O)(=O)c1ccc(NC2CCc3ccc(F)cc32)c(C(F)(F)F)c1. The highest BCUT2D eigenvalue weighted by Gasteiger charge is 2.36. The van der Waals surface area contributed by atoms with Gasteiger partial charge in [-0.05, 0) is 54.3 Å². The monoisotopic (exact) mass is 374 g/mol. The predicted molar refractivity (Wildman–Crippen MR) is 83.9 cm³/mol. The second-order valence-corrected chi connectivity index (χ2v) is 7.39. The number of anilines is 1. The summed E-state index contributed by atoms with van der Waals surface area (Å²) in [6, 6.07) is 6.26. The number of nitrogens with one attached hydrogen (secondary N) is 1. The first kappa shape index (κ1) is 17.7. The first-order valence-electron chi connectivity index (χ1n) is 7.34. The molecule has 0 saturated heterocycles. The van der Waals surface area contributed by atoms with Crippen molar-refractivity contribution in [1.82, 2.24) is 0 Å². The van der Waals surface area contributed by atoms with Crippen molar-refractivity contribution in [3.63, 3.8) is 0 Å². The average molecular weight is 374 g/mol. The zero-order valence-electron chi connectivity index (χ0n) is 12.8. The molecule has 9 heteroatoms. The van der Waals surface area contributed by atoms with Crippen molar-refractivity contribution in [1.29, 1.82) is 0 Å². The van der Waals surface area contributed by atoms with Crippen molar-refractivity contribution >= 4 is 15.7 Å². The Morgan fingerprint density at radius 3 is 2.48 bits per heavy atom. The Kier molecular flexibility index (Phi) is 4.24. The Morgan fingerprint density at radius 2 is 1.84 bits per heavy atom. The van der Waals surface area contributed by atoms with Gasteiger partial charge in [-0.25, -0.2) is 17.9 Å². The molecule has 4 nitrogen and oxygen atoms in total. The van der Waals surface area contributed by atoms with Crippen LogP contribution in [0.5, 0.6) is 0 Å². The van der Waals surface area contributed by atoms with Crippen LogP contribution in [0.15, 0.2) is 41.3 Å². The zero-order valence-corrected chi connectivity index (χ0v) is 13.6. The molecule has 0 radical (unpaired) electrons. The van der Waals surface area contributed by atoms with Crippen LogP contribution < -0.4 is 10.5 Å². The van der Waals surface area contributed by atoms with E-state index in [-0.39, 0.29) is 5.69 Å². The average Bonchev–Trinajstić information content (AvgIpc) is 2.88. The number of hydrogen-bond donors (Lipinski definition) is 2. The van der Waals surface area contributed by atoms with E-state index < -0.39 is 38.5 Å². The third kappa shape index (κ3) is 3.62. The molecular weight excluding hydrogens is 360 g/mol. The summed E-state index contributed by atoms with van der Waals surface area (Å²) in [7, 11) is -4.26. The molecule has 0 heterocycles. The highest BCUT2D eigenvalue weighted by atomic mass is 32.2. The molecule has 2 aromatic carbocycles. The molecule has 2 aromatic rings. The van der Waals surface area contributed by atoms with Gasteiger partial charge in [-0.15, -0.1) is 0 Å². The van der Waals surface area contributed by atoms with Crippen molar-refractivity contribution < 1.29 is 26.0 Å². The van der Waals surface area contributed by atoms with Gasteiger partial charge in [0.25, 0.3) is 0 Å². The van der Waals surface area contributed by atoms with Gasteiger partial charge in [-0.2, -0.15) is 13.2 Å². The highest BCUT2D eigenvalue weighted by Crippen LogP contribution is 2.40. The fourth-order valence-corrected chi connectivity index (χ4v) is 3.51. The van der Waals surface area contributed by atoms with Gasteiger partial charge in [0, 0.05) is 5.69 Å². The number of alkyl halides is 3. The fraction of sp³-hybridized carbons (Fsp3) is 0.250. The standard InChI is InChI=1S/C16H14F4N2O2S/c17-10-3-1-9-2-5-14(12(9)7-10)22-15-6-4-11(25(21,23)24)8-13(15)16(18,19)20/h1,3-4,6-8,14,22H,2,5H2,(H2,21,23,24). The number of hydrogen-bond acceptors (Lipinski definition) is 3. The van der Waals surface area contributed by atoms with E-state index in [4.69, 9.17) is 5.14 Å². The maximum atomic E-state index is 13.4. The number of primary sulfonamides is 1. The summed E-state index contributed by atoms with van der Waals surface area (Å²) in [5.74, 6) is -0.465. The van der Waals surface area contributed by atoms with E-state index in [9.17, 15) is 26.0 Å². The van der Waals surface area contributed by atoms with Crippen LogP contribution in [0.1, 0.15) is 29.2 Å². The molecule has 1 aliphatic rings. The maximum absolute atomic E-state index is 13.4. The van der Waals surface area contributed by atoms with E-state index in [1.54, 1.807) is 6.07 Å². The summed E-state index contributed by atoms with van der Waals surface area (Å²) in [4.78, 5) is -0.622. The number of aryl methyl sites for hydroxylation is 1. The molecule has 1 aliphatic carbocycles. The van der Waals surface area contributed by atoms with Gasteiger partial charge >= 0.3 is 6.18 Å². The predicted octanol–water partition coefficient (Wildman–Crippen LogP) is 3.59. The van der Waals surface area contributed by atoms with E-state index in [1.165, 1.54) is 12.1 Å².